The third-order valence-electron chi connectivity index (χ3n) is 8.13. The van der Waals surface area contributed by atoms with E-state index in [9.17, 15) is 14.4 Å². The molecule has 41 heavy (non-hydrogen) atoms. The summed E-state index contributed by atoms with van der Waals surface area (Å²) in [5, 5.41) is 2.75. The summed E-state index contributed by atoms with van der Waals surface area (Å²) in [6.45, 7) is 4.64. The van der Waals surface area contributed by atoms with Gasteiger partial charge in [0.1, 0.15) is 0 Å². The van der Waals surface area contributed by atoms with E-state index in [4.69, 9.17) is 15.5 Å². The van der Waals surface area contributed by atoms with Crippen LogP contribution in [0.5, 0.6) is 0 Å². The Morgan fingerprint density at radius 2 is 1.76 bits per heavy atom. The normalized spacial score (nSPS) is 20.0. The minimum atomic E-state index is -0.993. The first-order valence-electron chi connectivity index (χ1n) is 14.9. The van der Waals surface area contributed by atoms with E-state index < -0.39 is 17.7 Å². The minimum absolute atomic E-state index is 0.00302. The van der Waals surface area contributed by atoms with Crippen molar-refractivity contribution in [3.8, 4) is 0 Å². The van der Waals surface area contributed by atoms with Crippen molar-refractivity contribution in [1.82, 2.24) is 10.2 Å². The number of nitrogens with zero attached hydrogens (tertiary/aromatic N) is 2. The first-order chi connectivity index (χ1) is 19.7. The lowest BCUT2D eigenvalue weighted by Gasteiger charge is -2.28. The number of alkyl carbamates (subject to hydrolysis) is 1. The Kier molecular flexibility index (Phi) is 10.2. The topological polar surface area (TPSA) is 114 Å². The molecule has 1 unspecified atom stereocenters. The van der Waals surface area contributed by atoms with Crippen molar-refractivity contribution < 1.29 is 19.1 Å². The van der Waals surface area contributed by atoms with Gasteiger partial charge in [-0.05, 0) is 61.0 Å². The van der Waals surface area contributed by atoms with Crippen molar-refractivity contribution in [2.45, 2.75) is 76.8 Å². The standard InChI is InChI=1S/C33H44N4O4/c1-23(2)22-33(27-14-8-5-9-15-27)30(39)37(31(34)36-33)18-10-13-26(19-25-16-17-25)21-29(38)28(35-32(40)41-3)20-24-11-6-4-7-12-24/h4-9,11-12,14-15,23,25-26,28H,10,13,16-22H2,1-3H3,(H2,34,36)(H,35,40)/t26?,28-,33+/m0/s1. The lowest BCUT2D eigenvalue weighted by molar-refractivity contribution is -0.132. The number of aliphatic imine (C=N–C) groups is 1. The van der Waals surface area contributed by atoms with E-state index in [-0.39, 0.29) is 29.5 Å². The lowest BCUT2D eigenvalue weighted by atomic mass is 9.82. The number of methoxy groups -OCH3 is 1. The van der Waals surface area contributed by atoms with E-state index in [1.165, 1.54) is 20.0 Å². The molecule has 4 rings (SSSR count). The molecule has 220 valence electrons. The van der Waals surface area contributed by atoms with Crippen LogP contribution >= 0.6 is 0 Å². The van der Waals surface area contributed by atoms with E-state index in [1.54, 1.807) is 4.90 Å². The predicted octanol–water partition coefficient (Wildman–Crippen LogP) is 5.21. The van der Waals surface area contributed by atoms with E-state index >= 15 is 0 Å². The molecule has 0 bridgehead atoms. The Hall–Kier alpha value is -3.68. The number of guanidine groups is 1. The average Bonchev–Trinajstić information content (AvgIpc) is 3.74. The van der Waals surface area contributed by atoms with Crippen LogP contribution in [0.1, 0.15) is 69.9 Å². The van der Waals surface area contributed by atoms with Crippen molar-refractivity contribution in [2.24, 2.45) is 28.5 Å². The molecular weight excluding hydrogens is 516 g/mol. The van der Waals surface area contributed by atoms with Crippen LogP contribution in [-0.4, -0.2) is 48.3 Å². The molecule has 0 aromatic heterocycles. The second-order valence-corrected chi connectivity index (χ2v) is 12.0. The zero-order chi connectivity index (χ0) is 29.4. The number of nitrogens with two attached hydrogens (primary N) is 1. The van der Waals surface area contributed by atoms with Gasteiger partial charge in [0.25, 0.3) is 5.91 Å². The third kappa shape index (κ3) is 7.96. The number of hydrogen-bond acceptors (Lipinski definition) is 6. The Labute approximate surface area is 243 Å². The van der Waals surface area contributed by atoms with Crippen molar-refractivity contribution >= 4 is 23.7 Å². The van der Waals surface area contributed by atoms with Crippen LogP contribution in [0.2, 0.25) is 0 Å². The van der Waals surface area contributed by atoms with Gasteiger partial charge >= 0.3 is 6.09 Å². The second-order valence-electron chi connectivity index (χ2n) is 12.0. The third-order valence-corrected chi connectivity index (χ3v) is 8.13. The summed E-state index contributed by atoms with van der Waals surface area (Å²) in [7, 11) is 1.30. The number of ketones is 1. The number of benzene rings is 2. The van der Waals surface area contributed by atoms with Crippen LogP contribution in [0.4, 0.5) is 4.79 Å². The molecule has 1 heterocycles. The molecule has 8 heteroatoms. The van der Waals surface area contributed by atoms with Gasteiger partial charge in [-0.2, -0.15) is 0 Å². The van der Waals surface area contributed by atoms with Crippen molar-refractivity contribution in [1.29, 1.82) is 0 Å². The van der Waals surface area contributed by atoms with Crippen LogP contribution in [0, 0.1) is 17.8 Å². The smallest absolute Gasteiger partial charge is 0.407 e. The highest BCUT2D eigenvalue weighted by Gasteiger charge is 2.49. The Bertz CT molecular complexity index is 1210. The summed E-state index contributed by atoms with van der Waals surface area (Å²) in [5.74, 6) is 1.26. The molecule has 2 amide bonds. The highest BCUT2D eigenvalue weighted by Crippen LogP contribution is 2.40. The molecule has 1 aliphatic heterocycles. The van der Waals surface area contributed by atoms with Gasteiger partial charge in [0.15, 0.2) is 17.3 Å². The average molecular weight is 561 g/mol. The molecule has 3 atom stereocenters. The van der Waals surface area contributed by atoms with Crippen LogP contribution in [-0.2, 0) is 26.3 Å². The number of ether oxygens (including phenoxy) is 1. The fourth-order valence-corrected chi connectivity index (χ4v) is 5.98. The molecule has 1 aliphatic carbocycles. The summed E-state index contributed by atoms with van der Waals surface area (Å²) in [6, 6.07) is 18.7. The van der Waals surface area contributed by atoms with Crippen LogP contribution in [0.3, 0.4) is 0 Å². The number of rotatable bonds is 15. The molecule has 2 aromatic carbocycles. The summed E-state index contributed by atoms with van der Waals surface area (Å²) in [5.41, 5.74) is 7.22. The molecule has 2 aromatic rings. The number of nitrogens with one attached hydrogen (secondary N) is 1. The number of carbonyl (C=O) groups excluding carboxylic acids is 3. The Balaban J connectivity index is 1.41. The van der Waals surface area contributed by atoms with E-state index in [0.29, 0.717) is 38.1 Å². The van der Waals surface area contributed by atoms with Crippen LogP contribution in [0.25, 0.3) is 0 Å². The molecule has 2 aliphatic rings. The number of hydrogen-bond donors (Lipinski definition) is 2. The van der Waals surface area contributed by atoms with Crippen LogP contribution < -0.4 is 11.1 Å². The first kappa shape index (κ1) is 30.3. The van der Waals surface area contributed by atoms with E-state index in [0.717, 1.165) is 24.0 Å². The van der Waals surface area contributed by atoms with Crippen LogP contribution in [0.15, 0.2) is 65.7 Å². The zero-order valence-corrected chi connectivity index (χ0v) is 24.6. The fraction of sp³-hybridized carbons (Fsp3) is 0.515. The molecule has 1 fully saturated rings. The summed E-state index contributed by atoms with van der Waals surface area (Å²) in [4.78, 5) is 45.8. The SMILES string of the molecule is COC(=O)N[C@@H](Cc1ccccc1)C(=O)CC(CCCN1C(=O)[C@@](CC(C)C)(c2ccccc2)N=C1N)CC1CC1. The molecule has 0 saturated heterocycles. The summed E-state index contributed by atoms with van der Waals surface area (Å²) < 4.78 is 4.80. The maximum atomic E-state index is 13.8. The molecule has 0 radical (unpaired) electrons. The fourth-order valence-electron chi connectivity index (χ4n) is 5.98. The molecular formula is C33H44N4O4. The summed E-state index contributed by atoms with van der Waals surface area (Å²) in [6.07, 6.45) is 5.63. The largest absolute Gasteiger partial charge is 0.453 e. The van der Waals surface area contributed by atoms with Gasteiger partial charge in [-0.1, -0.05) is 87.4 Å². The van der Waals surface area contributed by atoms with Gasteiger partial charge in [-0.15, -0.1) is 0 Å². The number of amides is 2. The highest BCUT2D eigenvalue weighted by atomic mass is 16.5. The zero-order valence-electron chi connectivity index (χ0n) is 24.6. The van der Waals surface area contributed by atoms with Crippen molar-refractivity contribution in [2.75, 3.05) is 13.7 Å². The van der Waals surface area contributed by atoms with Gasteiger partial charge in [0, 0.05) is 13.0 Å². The van der Waals surface area contributed by atoms with E-state index in [2.05, 4.69) is 19.2 Å². The number of carbonyl (C=O) groups is 3. The van der Waals surface area contributed by atoms with E-state index in [1.807, 2.05) is 60.7 Å². The van der Waals surface area contributed by atoms with Crippen molar-refractivity contribution in [3.05, 3.63) is 71.8 Å². The highest BCUT2D eigenvalue weighted by molar-refractivity contribution is 6.07. The first-order valence-corrected chi connectivity index (χ1v) is 14.9. The van der Waals surface area contributed by atoms with Gasteiger partial charge < -0.3 is 15.8 Å². The van der Waals surface area contributed by atoms with Gasteiger partial charge in [0.05, 0.1) is 13.2 Å². The summed E-state index contributed by atoms with van der Waals surface area (Å²) >= 11 is 0. The molecule has 8 nitrogen and oxygen atoms in total. The van der Waals surface area contributed by atoms with Gasteiger partial charge in [-0.3, -0.25) is 14.5 Å². The second kappa shape index (κ2) is 13.8. The molecule has 3 N–H and O–H groups in total. The predicted molar refractivity (Wildman–Crippen MR) is 160 cm³/mol. The Morgan fingerprint density at radius 1 is 1.10 bits per heavy atom. The van der Waals surface area contributed by atoms with Crippen molar-refractivity contribution in [3.63, 3.8) is 0 Å². The molecule has 1 saturated carbocycles. The number of Topliss-reactive ketones (excluding diaryl/α,β-unsaturated/α-hetero) is 1. The van der Waals surface area contributed by atoms with Gasteiger partial charge in [-0.25, -0.2) is 9.79 Å². The monoisotopic (exact) mass is 560 g/mol. The Morgan fingerprint density at radius 3 is 2.37 bits per heavy atom. The minimum Gasteiger partial charge on any atom is -0.453 e. The molecule has 0 spiro atoms. The quantitative estimate of drug-likeness (QED) is 0.311. The lowest BCUT2D eigenvalue weighted by Crippen LogP contribution is -2.44. The maximum absolute atomic E-state index is 13.8. The van der Waals surface area contributed by atoms with Gasteiger partial charge in [0.2, 0.25) is 0 Å². The maximum Gasteiger partial charge on any atom is 0.407 e.